The number of hydrogen-bond donors (Lipinski definition) is 2. The molecule has 0 heterocycles. The summed E-state index contributed by atoms with van der Waals surface area (Å²) in [6.07, 6.45) is -0.702. The first-order chi connectivity index (χ1) is 11.1. The number of nitro groups is 1. The summed E-state index contributed by atoms with van der Waals surface area (Å²) < 4.78 is 10.0. The summed E-state index contributed by atoms with van der Waals surface area (Å²) in [6, 6.07) is 12.8. The van der Waals surface area contributed by atoms with E-state index in [4.69, 9.17) is 9.47 Å². The maximum atomic E-state index is 11.6. The molecule has 0 saturated heterocycles. The molecule has 0 fully saturated rings. The second-order valence-corrected chi connectivity index (χ2v) is 4.48. The molecule has 120 valence electrons. The molecule has 0 aliphatic rings. The lowest BCUT2D eigenvalue weighted by atomic mass is 10.2. The van der Waals surface area contributed by atoms with Gasteiger partial charge in [0.25, 0.3) is 5.69 Å². The number of nitro benzene ring substituents is 1. The molecule has 2 rings (SSSR count). The van der Waals surface area contributed by atoms with E-state index in [1.165, 1.54) is 18.2 Å². The molecule has 0 aliphatic heterocycles. The zero-order valence-corrected chi connectivity index (χ0v) is 12.3. The Labute approximate surface area is 132 Å². The molecule has 0 saturated carbocycles. The summed E-state index contributed by atoms with van der Waals surface area (Å²) in [5.74, 6) is 0.713. The molecule has 0 bridgehead atoms. The Hall–Kier alpha value is -3.29. The lowest BCUT2D eigenvalue weighted by Gasteiger charge is -2.09. The lowest BCUT2D eigenvalue weighted by molar-refractivity contribution is -0.384. The molecule has 0 unspecified atom stereocenters. The summed E-state index contributed by atoms with van der Waals surface area (Å²) in [7, 11) is 1.57. The molecule has 2 N–H and O–H groups in total. The maximum absolute atomic E-state index is 11.6. The predicted octanol–water partition coefficient (Wildman–Crippen LogP) is 2.86. The third-order valence-electron chi connectivity index (χ3n) is 2.89. The zero-order valence-electron chi connectivity index (χ0n) is 12.3. The molecule has 0 spiro atoms. The highest BCUT2D eigenvalue weighted by molar-refractivity contribution is 5.69. The van der Waals surface area contributed by atoms with Crippen LogP contribution < -0.4 is 15.6 Å². The molecular weight excluding hydrogens is 302 g/mol. The van der Waals surface area contributed by atoms with Crippen LogP contribution in [0, 0.1) is 10.1 Å². The van der Waals surface area contributed by atoms with Crippen LogP contribution in [0.1, 0.15) is 5.56 Å². The van der Waals surface area contributed by atoms with Crippen molar-refractivity contribution < 1.29 is 19.2 Å². The molecule has 8 nitrogen and oxygen atoms in total. The highest BCUT2D eigenvalue weighted by atomic mass is 16.6. The van der Waals surface area contributed by atoms with E-state index in [-0.39, 0.29) is 12.3 Å². The maximum Gasteiger partial charge on any atom is 0.426 e. The van der Waals surface area contributed by atoms with E-state index < -0.39 is 11.0 Å². The van der Waals surface area contributed by atoms with Gasteiger partial charge in [0, 0.05) is 12.1 Å². The van der Waals surface area contributed by atoms with Crippen molar-refractivity contribution in [2.75, 3.05) is 12.5 Å². The van der Waals surface area contributed by atoms with Gasteiger partial charge in [-0.25, -0.2) is 10.2 Å². The highest BCUT2D eigenvalue weighted by Crippen LogP contribution is 2.16. The number of hydrogen-bond acceptors (Lipinski definition) is 6. The van der Waals surface area contributed by atoms with E-state index in [1.807, 2.05) is 0 Å². The van der Waals surface area contributed by atoms with Crippen LogP contribution in [0.3, 0.4) is 0 Å². The van der Waals surface area contributed by atoms with Gasteiger partial charge in [0.15, 0.2) is 0 Å². The highest BCUT2D eigenvalue weighted by Gasteiger charge is 2.07. The Bertz CT molecular complexity index is 688. The van der Waals surface area contributed by atoms with E-state index in [2.05, 4.69) is 10.9 Å². The number of amides is 1. The Morgan fingerprint density at radius 3 is 2.61 bits per heavy atom. The average Bonchev–Trinajstić information content (AvgIpc) is 2.58. The second kappa shape index (κ2) is 7.64. The van der Waals surface area contributed by atoms with E-state index in [0.717, 1.165) is 5.56 Å². The van der Waals surface area contributed by atoms with Crippen molar-refractivity contribution in [3.8, 4) is 5.75 Å². The van der Waals surface area contributed by atoms with Crippen molar-refractivity contribution in [1.29, 1.82) is 0 Å². The number of ether oxygens (including phenoxy) is 2. The summed E-state index contributed by atoms with van der Waals surface area (Å²) >= 11 is 0. The molecule has 2 aromatic carbocycles. The van der Waals surface area contributed by atoms with Crippen LogP contribution >= 0.6 is 0 Å². The smallest absolute Gasteiger partial charge is 0.426 e. The van der Waals surface area contributed by atoms with Gasteiger partial charge in [-0.05, 0) is 23.8 Å². The van der Waals surface area contributed by atoms with E-state index in [0.29, 0.717) is 11.4 Å². The van der Waals surface area contributed by atoms with Crippen LogP contribution in [0.4, 0.5) is 16.2 Å². The zero-order chi connectivity index (χ0) is 16.7. The Balaban J connectivity index is 1.80. The molecule has 1 amide bonds. The number of nitrogens with one attached hydrogen (secondary N) is 2. The number of carbonyl (C=O) groups excluding carboxylic acids is 1. The summed E-state index contributed by atoms with van der Waals surface area (Å²) in [5.41, 5.74) is 5.94. The quantitative estimate of drug-likeness (QED) is 0.627. The van der Waals surface area contributed by atoms with Crippen LogP contribution in [0.2, 0.25) is 0 Å². The Kier molecular flexibility index (Phi) is 5.35. The number of carbonyl (C=O) groups is 1. The van der Waals surface area contributed by atoms with Crippen LogP contribution in [0.25, 0.3) is 0 Å². The first-order valence-electron chi connectivity index (χ1n) is 6.64. The molecule has 0 aliphatic carbocycles. The van der Waals surface area contributed by atoms with Gasteiger partial charge in [-0.3, -0.25) is 15.5 Å². The van der Waals surface area contributed by atoms with Gasteiger partial charge in [0.05, 0.1) is 17.7 Å². The number of non-ortho nitro benzene ring substituents is 1. The minimum Gasteiger partial charge on any atom is -0.497 e. The number of anilines is 1. The molecule has 23 heavy (non-hydrogen) atoms. The van der Waals surface area contributed by atoms with Crippen LogP contribution in [0.15, 0.2) is 48.5 Å². The van der Waals surface area contributed by atoms with Gasteiger partial charge >= 0.3 is 6.09 Å². The standard InChI is InChI=1S/C15H15N3O5/c1-22-14-7-5-11(6-8-14)10-23-15(19)17-16-12-3-2-4-13(9-12)18(20)21/h2-9,16H,10H2,1H3,(H,17,19). The number of methoxy groups -OCH3 is 1. The van der Waals surface area contributed by atoms with Crippen molar-refractivity contribution in [2.24, 2.45) is 0 Å². The van der Waals surface area contributed by atoms with Gasteiger partial charge < -0.3 is 9.47 Å². The fourth-order valence-corrected chi connectivity index (χ4v) is 1.73. The summed E-state index contributed by atoms with van der Waals surface area (Å²) in [4.78, 5) is 21.7. The minimum atomic E-state index is -0.702. The fourth-order valence-electron chi connectivity index (χ4n) is 1.73. The van der Waals surface area contributed by atoms with E-state index >= 15 is 0 Å². The summed E-state index contributed by atoms with van der Waals surface area (Å²) in [6.45, 7) is 0.0897. The normalized spacial score (nSPS) is 9.78. The van der Waals surface area contributed by atoms with Gasteiger partial charge in [-0.15, -0.1) is 0 Å². The van der Waals surface area contributed by atoms with Gasteiger partial charge in [-0.1, -0.05) is 18.2 Å². The lowest BCUT2D eigenvalue weighted by Crippen LogP contribution is -2.29. The summed E-state index contributed by atoms with van der Waals surface area (Å²) in [5, 5.41) is 10.7. The molecule has 2 aromatic rings. The monoisotopic (exact) mass is 317 g/mol. The van der Waals surface area contributed by atoms with Gasteiger partial charge in [0.1, 0.15) is 12.4 Å². The van der Waals surface area contributed by atoms with Crippen molar-refractivity contribution in [1.82, 2.24) is 5.43 Å². The molecule has 0 aromatic heterocycles. The SMILES string of the molecule is COc1ccc(COC(=O)NNc2cccc([N+](=O)[O-])c2)cc1. The fraction of sp³-hybridized carbons (Fsp3) is 0.133. The topological polar surface area (TPSA) is 103 Å². The first-order valence-corrected chi connectivity index (χ1v) is 6.64. The van der Waals surface area contributed by atoms with Crippen LogP contribution in [0.5, 0.6) is 5.75 Å². The molecule has 0 atom stereocenters. The van der Waals surface area contributed by atoms with E-state index in [9.17, 15) is 14.9 Å². The van der Waals surface area contributed by atoms with E-state index in [1.54, 1.807) is 37.4 Å². The molecular formula is C15H15N3O5. The Morgan fingerprint density at radius 2 is 1.96 bits per heavy atom. The number of benzene rings is 2. The Morgan fingerprint density at radius 1 is 1.22 bits per heavy atom. The predicted molar refractivity (Wildman–Crippen MR) is 83.0 cm³/mol. The number of hydrazine groups is 1. The van der Waals surface area contributed by atoms with Crippen LogP contribution in [-0.2, 0) is 11.3 Å². The van der Waals surface area contributed by atoms with Gasteiger partial charge in [-0.2, -0.15) is 0 Å². The number of rotatable bonds is 6. The van der Waals surface area contributed by atoms with Crippen LogP contribution in [-0.4, -0.2) is 18.1 Å². The average molecular weight is 317 g/mol. The molecule has 0 radical (unpaired) electrons. The molecule has 8 heteroatoms. The van der Waals surface area contributed by atoms with Crippen molar-refractivity contribution >= 4 is 17.5 Å². The van der Waals surface area contributed by atoms with Crippen molar-refractivity contribution in [2.45, 2.75) is 6.61 Å². The minimum absolute atomic E-state index is 0.0802. The number of nitrogens with zero attached hydrogens (tertiary/aromatic N) is 1. The first kappa shape index (κ1) is 16.1. The van der Waals surface area contributed by atoms with Gasteiger partial charge in [0.2, 0.25) is 0 Å². The third-order valence-corrected chi connectivity index (χ3v) is 2.89. The van der Waals surface area contributed by atoms with Crippen molar-refractivity contribution in [3.05, 3.63) is 64.2 Å². The van der Waals surface area contributed by atoms with Crippen molar-refractivity contribution in [3.63, 3.8) is 0 Å². The second-order valence-electron chi connectivity index (χ2n) is 4.48. The third kappa shape index (κ3) is 4.88. The largest absolute Gasteiger partial charge is 0.497 e.